The summed E-state index contributed by atoms with van der Waals surface area (Å²) in [6.45, 7) is 18.6. The van der Waals surface area contributed by atoms with E-state index in [1.165, 1.54) is 5.57 Å². The number of hydrogen-bond donors (Lipinski definition) is 0. The van der Waals surface area contributed by atoms with Crippen LogP contribution in [-0.4, -0.2) is 40.2 Å². The fourth-order valence-corrected chi connectivity index (χ4v) is 4.87. The van der Waals surface area contributed by atoms with Crippen molar-refractivity contribution in [2.45, 2.75) is 104 Å². The molecule has 5 heteroatoms. The second-order valence-corrected chi connectivity index (χ2v) is 13.8. The van der Waals surface area contributed by atoms with Gasteiger partial charge in [0, 0.05) is 18.8 Å². The van der Waals surface area contributed by atoms with Gasteiger partial charge in [-0.25, -0.2) is 0 Å². The highest BCUT2D eigenvalue weighted by Crippen LogP contribution is 2.43. The molecule has 0 unspecified atom stereocenters. The molecule has 0 aromatic heterocycles. The minimum atomic E-state index is -1.97. The first-order valence-corrected chi connectivity index (χ1v) is 13.6. The molecule has 1 aliphatic carbocycles. The smallest absolute Gasteiger partial charge is 0.192 e. The van der Waals surface area contributed by atoms with Crippen LogP contribution in [0, 0.1) is 5.92 Å². The first-order valence-electron chi connectivity index (χ1n) is 10.7. The number of aldehydes is 1. The minimum absolute atomic E-state index is 0.0282. The van der Waals surface area contributed by atoms with Crippen LogP contribution >= 0.6 is 0 Å². The summed E-state index contributed by atoms with van der Waals surface area (Å²) in [5.41, 5.74) is 2.14. The number of rotatable bonds is 11. The number of carbonyl (C=O) groups excluding carboxylic acids is 1. The maximum atomic E-state index is 12.2. The van der Waals surface area contributed by atoms with Gasteiger partial charge >= 0.3 is 0 Å². The third-order valence-corrected chi connectivity index (χ3v) is 10.6. The summed E-state index contributed by atoms with van der Waals surface area (Å²) in [6.07, 6.45) is 5.69. The van der Waals surface area contributed by atoms with Gasteiger partial charge in [-0.3, -0.25) is 4.79 Å². The minimum Gasteiger partial charge on any atom is -0.413 e. The summed E-state index contributed by atoms with van der Waals surface area (Å²) >= 11 is 0. The van der Waals surface area contributed by atoms with Crippen LogP contribution in [0.15, 0.2) is 11.1 Å². The molecule has 0 N–H and O–H groups in total. The Bertz CT molecular complexity index is 487. The van der Waals surface area contributed by atoms with Gasteiger partial charge < -0.3 is 13.9 Å². The first kappa shape index (κ1) is 24.5. The Morgan fingerprint density at radius 3 is 2.19 bits per heavy atom. The van der Waals surface area contributed by atoms with Crippen LogP contribution in [0.5, 0.6) is 0 Å². The number of carbonyl (C=O) groups is 1. The number of hydrogen-bond acceptors (Lipinski definition) is 4. The fourth-order valence-electron chi connectivity index (χ4n) is 3.49. The first-order chi connectivity index (χ1) is 12.6. The molecule has 0 saturated heterocycles. The third kappa shape index (κ3) is 6.52. The van der Waals surface area contributed by atoms with E-state index in [9.17, 15) is 4.79 Å². The lowest BCUT2D eigenvalue weighted by Crippen LogP contribution is -2.50. The van der Waals surface area contributed by atoms with Gasteiger partial charge in [-0.2, -0.15) is 0 Å². The van der Waals surface area contributed by atoms with Gasteiger partial charge in [0.25, 0.3) is 0 Å². The average molecular weight is 399 g/mol. The predicted octanol–water partition coefficient (Wildman–Crippen LogP) is 5.87. The van der Waals surface area contributed by atoms with Crippen LogP contribution in [0.2, 0.25) is 18.1 Å². The SMILES string of the molecule is CCCCC1=C(C=O)[C@H](C(OCC)OCC)[C@@H](O[Si](C)(C)C(C)(C)C)CC1. The maximum absolute atomic E-state index is 12.2. The summed E-state index contributed by atoms with van der Waals surface area (Å²) in [5, 5.41) is 0.123. The van der Waals surface area contributed by atoms with Crippen LogP contribution < -0.4 is 0 Å². The van der Waals surface area contributed by atoms with Crippen molar-refractivity contribution < 1.29 is 18.7 Å². The fraction of sp³-hybridized carbons (Fsp3) is 0.864. The van der Waals surface area contributed by atoms with Gasteiger partial charge in [-0.05, 0) is 57.7 Å². The van der Waals surface area contributed by atoms with Crippen LogP contribution in [0.25, 0.3) is 0 Å². The van der Waals surface area contributed by atoms with E-state index in [4.69, 9.17) is 13.9 Å². The molecular weight excluding hydrogens is 356 g/mol. The monoisotopic (exact) mass is 398 g/mol. The standard InChI is InChI=1S/C22H42O4Si/c1-9-12-13-17-14-15-19(26-27(7,8)22(4,5)6)20(18(17)16-23)21(24-10-2)25-11-3/h16,19-21H,9-15H2,1-8H3/t19-,20-/m0/s1. The van der Waals surface area contributed by atoms with E-state index in [1.54, 1.807) is 0 Å². The zero-order chi connectivity index (χ0) is 20.7. The van der Waals surface area contributed by atoms with Gasteiger partial charge in [-0.15, -0.1) is 0 Å². The summed E-state index contributed by atoms with van der Waals surface area (Å²) < 4.78 is 18.7. The molecule has 0 aromatic carbocycles. The average Bonchev–Trinajstić information content (AvgIpc) is 2.58. The van der Waals surface area contributed by atoms with E-state index < -0.39 is 14.6 Å². The second kappa shape index (κ2) is 10.9. The largest absolute Gasteiger partial charge is 0.413 e. The van der Waals surface area contributed by atoms with Gasteiger partial charge in [0.1, 0.15) is 6.29 Å². The molecule has 0 bridgehead atoms. The van der Waals surface area contributed by atoms with Crippen LogP contribution in [0.3, 0.4) is 0 Å². The molecule has 1 aliphatic rings. The maximum Gasteiger partial charge on any atom is 0.192 e. The molecule has 1 rings (SSSR count). The van der Waals surface area contributed by atoms with E-state index in [0.717, 1.165) is 44.0 Å². The van der Waals surface area contributed by atoms with Crippen LogP contribution in [-0.2, 0) is 18.7 Å². The molecule has 27 heavy (non-hydrogen) atoms. The lowest BCUT2D eigenvalue weighted by Gasteiger charge is -2.45. The van der Waals surface area contributed by atoms with Gasteiger partial charge in [0.15, 0.2) is 14.6 Å². The molecule has 0 aromatic rings. The number of unbranched alkanes of at least 4 members (excludes halogenated alkanes) is 1. The van der Waals surface area contributed by atoms with Gasteiger partial charge in [-0.1, -0.05) is 39.7 Å². The lowest BCUT2D eigenvalue weighted by atomic mass is 9.79. The van der Waals surface area contributed by atoms with Crippen molar-refractivity contribution in [2.24, 2.45) is 5.92 Å². The van der Waals surface area contributed by atoms with E-state index >= 15 is 0 Å². The number of ether oxygens (including phenoxy) is 2. The van der Waals surface area contributed by atoms with E-state index in [1.807, 2.05) is 13.8 Å². The number of allylic oxidation sites excluding steroid dienone is 1. The summed E-state index contributed by atoms with van der Waals surface area (Å²) in [5.74, 6) is -0.142. The normalized spacial score (nSPS) is 21.8. The Balaban J connectivity index is 3.28. The molecule has 0 spiro atoms. The van der Waals surface area contributed by atoms with E-state index in [2.05, 4.69) is 40.8 Å². The van der Waals surface area contributed by atoms with Crippen molar-refractivity contribution in [2.75, 3.05) is 13.2 Å². The molecule has 0 heterocycles. The summed E-state index contributed by atoms with van der Waals surface area (Å²) in [6, 6.07) is 0. The Kier molecular flexibility index (Phi) is 9.90. The predicted molar refractivity (Wildman–Crippen MR) is 114 cm³/mol. The highest BCUT2D eigenvalue weighted by Gasteiger charge is 2.45. The molecule has 0 fully saturated rings. The zero-order valence-electron chi connectivity index (χ0n) is 18.9. The highest BCUT2D eigenvalue weighted by atomic mass is 28.4. The third-order valence-electron chi connectivity index (χ3n) is 6.06. The van der Waals surface area contributed by atoms with Crippen molar-refractivity contribution in [1.29, 1.82) is 0 Å². The molecule has 2 atom stereocenters. The molecule has 158 valence electrons. The lowest BCUT2D eigenvalue weighted by molar-refractivity contribution is -0.178. The highest BCUT2D eigenvalue weighted by molar-refractivity contribution is 6.74. The van der Waals surface area contributed by atoms with Gasteiger partial charge in [0.2, 0.25) is 0 Å². The topological polar surface area (TPSA) is 44.8 Å². The van der Waals surface area contributed by atoms with Crippen LogP contribution in [0.1, 0.15) is 73.6 Å². The Labute approximate surface area is 168 Å². The van der Waals surface area contributed by atoms with Gasteiger partial charge in [0.05, 0.1) is 12.0 Å². The summed E-state index contributed by atoms with van der Waals surface area (Å²) in [4.78, 5) is 12.2. The Morgan fingerprint density at radius 2 is 1.74 bits per heavy atom. The molecule has 0 saturated carbocycles. The van der Waals surface area contributed by atoms with Crippen molar-refractivity contribution in [3.05, 3.63) is 11.1 Å². The van der Waals surface area contributed by atoms with Crippen molar-refractivity contribution in [3.63, 3.8) is 0 Å². The molecule has 0 aliphatic heterocycles. The van der Waals surface area contributed by atoms with Crippen LogP contribution in [0.4, 0.5) is 0 Å². The Morgan fingerprint density at radius 1 is 1.15 bits per heavy atom. The van der Waals surface area contributed by atoms with Crippen molar-refractivity contribution >= 4 is 14.6 Å². The van der Waals surface area contributed by atoms with Crippen molar-refractivity contribution in [3.8, 4) is 0 Å². The molecule has 4 nitrogen and oxygen atoms in total. The molecule has 0 radical (unpaired) electrons. The quantitative estimate of drug-likeness (QED) is 0.248. The summed E-state index contributed by atoms with van der Waals surface area (Å²) in [7, 11) is -1.97. The van der Waals surface area contributed by atoms with Crippen molar-refractivity contribution in [1.82, 2.24) is 0 Å². The second-order valence-electron chi connectivity index (χ2n) is 9.04. The Hall–Kier alpha value is -0.493. The zero-order valence-corrected chi connectivity index (χ0v) is 19.9. The van der Waals surface area contributed by atoms with E-state index in [0.29, 0.717) is 13.2 Å². The molecule has 0 amide bonds. The van der Waals surface area contributed by atoms with E-state index in [-0.39, 0.29) is 17.1 Å². The molecular formula is C22H42O4Si.